The van der Waals surface area contributed by atoms with Crippen LogP contribution in [0.5, 0.6) is 0 Å². The second-order valence-electron chi connectivity index (χ2n) is 7.69. The first-order valence-corrected chi connectivity index (χ1v) is 10.1. The van der Waals surface area contributed by atoms with E-state index in [9.17, 15) is 9.59 Å². The molecule has 2 fully saturated rings. The van der Waals surface area contributed by atoms with Crippen molar-refractivity contribution in [2.45, 2.75) is 38.3 Å². The Hall–Kier alpha value is -1.67. The molecule has 2 aliphatic heterocycles. The van der Waals surface area contributed by atoms with Gasteiger partial charge in [-0.05, 0) is 56.5 Å². The molecule has 0 saturated carbocycles. The van der Waals surface area contributed by atoms with Crippen molar-refractivity contribution in [3.05, 3.63) is 35.4 Å². The third-order valence-corrected chi connectivity index (χ3v) is 5.62. The lowest BCUT2D eigenvalue weighted by molar-refractivity contribution is -0.136. The van der Waals surface area contributed by atoms with Crippen LogP contribution in [0.4, 0.5) is 0 Å². The van der Waals surface area contributed by atoms with E-state index in [0.717, 1.165) is 50.9 Å². The number of carbonyl (C=O) groups is 2. The Morgan fingerprint density at radius 3 is 2.76 bits per heavy atom. The lowest BCUT2D eigenvalue weighted by atomic mass is 9.78. The van der Waals surface area contributed by atoms with Gasteiger partial charge in [0.2, 0.25) is 5.91 Å². The van der Waals surface area contributed by atoms with Crippen LogP contribution >= 0.6 is 12.4 Å². The summed E-state index contributed by atoms with van der Waals surface area (Å²) in [7, 11) is 1.63. The molecular weight excluding hydrogens is 394 g/mol. The maximum atomic E-state index is 12.8. The summed E-state index contributed by atoms with van der Waals surface area (Å²) in [4.78, 5) is 25.2. The van der Waals surface area contributed by atoms with Crippen LogP contribution in [0.2, 0.25) is 0 Å². The van der Waals surface area contributed by atoms with Crippen LogP contribution < -0.4 is 16.0 Å². The van der Waals surface area contributed by atoms with Gasteiger partial charge in [0.25, 0.3) is 5.91 Å². The molecule has 0 bridgehead atoms. The number of amides is 2. The molecule has 2 heterocycles. The first-order valence-electron chi connectivity index (χ1n) is 10.1. The van der Waals surface area contributed by atoms with E-state index in [-0.39, 0.29) is 30.3 Å². The van der Waals surface area contributed by atoms with Crippen molar-refractivity contribution in [3.8, 4) is 0 Å². The fraction of sp³-hybridized carbons (Fsp3) is 0.619. The fourth-order valence-electron chi connectivity index (χ4n) is 3.92. The number of carbonyl (C=O) groups excluding carboxylic acids is 2. The fourth-order valence-corrected chi connectivity index (χ4v) is 3.92. The van der Waals surface area contributed by atoms with Gasteiger partial charge in [0.1, 0.15) is 0 Å². The number of benzene rings is 1. The summed E-state index contributed by atoms with van der Waals surface area (Å²) < 4.78 is 10.9. The molecule has 0 aliphatic carbocycles. The van der Waals surface area contributed by atoms with E-state index in [0.29, 0.717) is 25.3 Å². The van der Waals surface area contributed by atoms with Gasteiger partial charge in [0.05, 0.1) is 18.1 Å². The van der Waals surface area contributed by atoms with Gasteiger partial charge in [-0.1, -0.05) is 12.1 Å². The quantitative estimate of drug-likeness (QED) is 0.589. The highest BCUT2D eigenvalue weighted by Gasteiger charge is 2.39. The molecule has 0 aromatic heterocycles. The third kappa shape index (κ3) is 6.40. The SMILES string of the molecule is COCC1(C(=O)NCc2cccc(C(=O)NCC3CCCO3)c2)CCNCC1.Cl. The Balaban J connectivity index is 0.00000300. The molecule has 1 unspecified atom stereocenters. The highest BCUT2D eigenvalue weighted by Crippen LogP contribution is 2.29. The van der Waals surface area contributed by atoms with Gasteiger partial charge in [-0.25, -0.2) is 0 Å². The number of hydrogen-bond donors (Lipinski definition) is 3. The van der Waals surface area contributed by atoms with Crippen molar-refractivity contribution in [2.24, 2.45) is 5.41 Å². The van der Waals surface area contributed by atoms with Crippen molar-refractivity contribution >= 4 is 24.2 Å². The molecule has 1 atom stereocenters. The summed E-state index contributed by atoms with van der Waals surface area (Å²) in [6.07, 6.45) is 3.69. The molecule has 162 valence electrons. The summed E-state index contributed by atoms with van der Waals surface area (Å²) in [5.41, 5.74) is 1.02. The molecule has 3 N–H and O–H groups in total. The van der Waals surface area contributed by atoms with Crippen LogP contribution in [0, 0.1) is 5.41 Å². The lowest BCUT2D eigenvalue weighted by Gasteiger charge is -2.35. The first kappa shape index (κ1) is 23.6. The van der Waals surface area contributed by atoms with Crippen molar-refractivity contribution in [1.82, 2.24) is 16.0 Å². The average molecular weight is 426 g/mol. The highest BCUT2D eigenvalue weighted by molar-refractivity contribution is 5.94. The first-order chi connectivity index (χ1) is 13.6. The van der Waals surface area contributed by atoms with Crippen LogP contribution in [-0.2, 0) is 20.8 Å². The zero-order chi connectivity index (χ0) is 19.8. The molecule has 0 radical (unpaired) electrons. The Bertz CT molecular complexity index is 668. The predicted octanol–water partition coefficient (Wildman–Crippen LogP) is 1.65. The minimum Gasteiger partial charge on any atom is -0.384 e. The number of methoxy groups -OCH3 is 1. The van der Waals surface area contributed by atoms with E-state index < -0.39 is 5.41 Å². The molecule has 1 aromatic rings. The number of nitrogens with one attached hydrogen (secondary N) is 3. The Kier molecular flexibility index (Phi) is 9.36. The summed E-state index contributed by atoms with van der Waals surface area (Å²) in [6, 6.07) is 7.38. The van der Waals surface area contributed by atoms with Crippen LogP contribution in [-0.4, -0.2) is 57.9 Å². The number of hydrogen-bond acceptors (Lipinski definition) is 5. The van der Waals surface area contributed by atoms with Crippen molar-refractivity contribution in [2.75, 3.05) is 40.0 Å². The van der Waals surface area contributed by atoms with Gasteiger partial charge < -0.3 is 25.4 Å². The molecule has 2 saturated heterocycles. The molecule has 2 aliphatic rings. The van der Waals surface area contributed by atoms with Crippen LogP contribution in [0.15, 0.2) is 24.3 Å². The normalized spacial score (nSPS) is 20.5. The molecule has 29 heavy (non-hydrogen) atoms. The maximum absolute atomic E-state index is 12.8. The molecule has 8 heteroatoms. The molecule has 3 rings (SSSR count). The Morgan fingerprint density at radius 2 is 2.07 bits per heavy atom. The molecule has 0 spiro atoms. The van der Waals surface area contributed by atoms with E-state index in [1.165, 1.54) is 0 Å². The number of ether oxygens (including phenoxy) is 2. The zero-order valence-electron chi connectivity index (χ0n) is 17.0. The standard InChI is InChI=1S/C21H31N3O4.ClH/c1-27-15-21(7-9-22-10-8-21)20(26)24-13-16-4-2-5-17(12-16)19(25)23-14-18-6-3-11-28-18;/h2,4-5,12,18,22H,3,6-11,13-15H2,1H3,(H,23,25)(H,24,26);1H. The monoisotopic (exact) mass is 425 g/mol. The highest BCUT2D eigenvalue weighted by atomic mass is 35.5. The average Bonchev–Trinajstić information content (AvgIpc) is 3.25. The summed E-state index contributed by atoms with van der Waals surface area (Å²) >= 11 is 0. The zero-order valence-corrected chi connectivity index (χ0v) is 17.8. The second kappa shape index (κ2) is 11.5. The third-order valence-electron chi connectivity index (χ3n) is 5.62. The molecule has 1 aromatic carbocycles. The van der Waals surface area contributed by atoms with Crippen LogP contribution in [0.25, 0.3) is 0 Å². The summed E-state index contributed by atoms with van der Waals surface area (Å²) in [5.74, 6) is -0.0954. The minimum absolute atomic E-state index is 0. The van der Waals surface area contributed by atoms with Crippen molar-refractivity contribution < 1.29 is 19.1 Å². The minimum atomic E-state index is -0.476. The van der Waals surface area contributed by atoms with Gasteiger partial charge in [-0.3, -0.25) is 9.59 Å². The number of piperidine rings is 1. The van der Waals surface area contributed by atoms with E-state index in [2.05, 4.69) is 16.0 Å². The van der Waals surface area contributed by atoms with Gasteiger partial charge in [0, 0.05) is 32.4 Å². The Labute approximate surface area is 178 Å². The van der Waals surface area contributed by atoms with E-state index in [1.54, 1.807) is 13.2 Å². The van der Waals surface area contributed by atoms with E-state index in [4.69, 9.17) is 9.47 Å². The van der Waals surface area contributed by atoms with Crippen molar-refractivity contribution in [3.63, 3.8) is 0 Å². The molecule has 7 nitrogen and oxygen atoms in total. The largest absolute Gasteiger partial charge is 0.384 e. The second-order valence-corrected chi connectivity index (χ2v) is 7.69. The van der Waals surface area contributed by atoms with Gasteiger partial charge >= 0.3 is 0 Å². The summed E-state index contributed by atoms with van der Waals surface area (Å²) in [6.45, 7) is 3.76. The maximum Gasteiger partial charge on any atom is 0.251 e. The molecule has 2 amide bonds. The van der Waals surface area contributed by atoms with Crippen LogP contribution in [0.1, 0.15) is 41.6 Å². The number of rotatable bonds is 8. The topological polar surface area (TPSA) is 88.7 Å². The van der Waals surface area contributed by atoms with Gasteiger partial charge in [-0.15, -0.1) is 12.4 Å². The van der Waals surface area contributed by atoms with E-state index >= 15 is 0 Å². The van der Waals surface area contributed by atoms with E-state index in [1.807, 2.05) is 18.2 Å². The van der Waals surface area contributed by atoms with Crippen molar-refractivity contribution in [1.29, 1.82) is 0 Å². The summed E-state index contributed by atoms with van der Waals surface area (Å²) in [5, 5.41) is 9.26. The predicted molar refractivity (Wildman–Crippen MR) is 113 cm³/mol. The smallest absolute Gasteiger partial charge is 0.251 e. The van der Waals surface area contributed by atoms with Gasteiger partial charge in [0.15, 0.2) is 0 Å². The molecular formula is C21H32ClN3O4. The van der Waals surface area contributed by atoms with Crippen LogP contribution in [0.3, 0.4) is 0 Å². The number of halogens is 1. The Morgan fingerprint density at radius 1 is 1.28 bits per heavy atom. The lowest BCUT2D eigenvalue weighted by Crippen LogP contribution is -2.49. The van der Waals surface area contributed by atoms with Gasteiger partial charge in [-0.2, -0.15) is 0 Å².